The maximum atomic E-state index is 13.2. The summed E-state index contributed by atoms with van der Waals surface area (Å²) in [5, 5.41) is 10.6. The van der Waals surface area contributed by atoms with Crippen molar-refractivity contribution >= 4 is 0 Å². The van der Waals surface area contributed by atoms with Crippen molar-refractivity contribution in [2.75, 3.05) is 0 Å². The molecule has 18 heavy (non-hydrogen) atoms. The predicted octanol–water partition coefficient (Wildman–Crippen LogP) is 4.00. The fourth-order valence-corrected chi connectivity index (χ4v) is 2.90. The van der Waals surface area contributed by atoms with E-state index >= 15 is 0 Å². The van der Waals surface area contributed by atoms with Crippen molar-refractivity contribution < 1.29 is 13.9 Å². The minimum absolute atomic E-state index is 0.0786. The van der Waals surface area contributed by atoms with E-state index in [9.17, 15) is 13.9 Å². The monoisotopic (exact) mass is 254 g/mol. The van der Waals surface area contributed by atoms with Crippen LogP contribution in [0.1, 0.15) is 45.1 Å². The van der Waals surface area contributed by atoms with Crippen LogP contribution in [0.3, 0.4) is 0 Å². The molecule has 3 heteroatoms. The molecule has 1 nitrogen and oxygen atoms in total. The maximum absolute atomic E-state index is 13.2. The van der Waals surface area contributed by atoms with Gasteiger partial charge in [-0.25, -0.2) is 8.78 Å². The number of hydrogen-bond donors (Lipinski definition) is 1. The molecule has 100 valence electrons. The molecule has 0 radical (unpaired) electrons. The van der Waals surface area contributed by atoms with E-state index in [1.807, 2.05) is 0 Å². The zero-order chi connectivity index (χ0) is 13.3. The van der Waals surface area contributed by atoms with E-state index in [1.165, 1.54) is 12.1 Å². The molecule has 0 amide bonds. The lowest BCUT2D eigenvalue weighted by atomic mass is 9.72. The molecule has 0 heterocycles. The minimum Gasteiger partial charge on any atom is -0.385 e. The largest absolute Gasteiger partial charge is 0.385 e. The Hall–Kier alpha value is -0.960. The van der Waals surface area contributed by atoms with Gasteiger partial charge in [0.25, 0.3) is 0 Å². The minimum atomic E-state index is -1.15. The van der Waals surface area contributed by atoms with E-state index in [2.05, 4.69) is 6.92 Å². The highest BCUT2D eigenvalue weighted by Crippen LogP contribution is 2.40. The van der Waals surface area contributed by atoms with Crippen molar-refractivity contribution in [1.82, 2.24) is 0 Å². The molecule has 1 aromatic rings. The predicted molar refractivity (Wildman–Crippen MR) is 67.1 cm³/mol. The van der Waals surface area contributed by atoms with E-state index in [1.54, 1.807) is 6.92 Å². The summed E-state index contributed by atoms with van der Waals surface area (Å²) < 4.78 is 26.5. The highest BCUT2D eigenvalue weighted by atomic mass is 19.1. The van der Waals surface area contributed by atoms with Gasteiger partial charge in [-0.15, -0.1) is 0 Å². The van der Waals surface area contributed by atoms with Gasteiger partial charge < -0.3 is 5.11 Å². The van der Waals surface area contributed by atoms with Crippen molar-refractivity contribution in [1.29, 1.82) is 0 Å². The van der Waals surface area contributed by atoms with Crippen LogP contribution >= 0.6 is 0 Å². The first kappa shape index (κ1) is 13.5. The Labute approximate surface area is 107 Å². The molecular weight excluding hydrogens is 234 g/mol. The van der Waals surface area contributed by atoms with Crippen molar-refractivity contribution in [2.24, 2.45) is 11.8 Å². The number of aliphatic hydroxyl groups is 1. The van der Waals surface area contributed by atoms with Gasteiger partial charge in [-0.1, -0.05) is 19.8 Å². The molecular formula is C15H20F2O. The second-order valence-corrected chi connectivity index (χ2v) is 5.76. The summed E-state index contributed by atoms with van der Waals surface area (Å²) in [5.74, 6) is -0.500. The molecule has 1 atom stereocenters. The molecule has 1 N–H and O–H groups in total. The molecule has 0 saturated heterocycles. The Kier molecular flexibility index (Phi) is 3.71. The van der Waals surface area contributed by atoms with E-state index < -0.39 is 17.2 Å². The second-order valence-electron chi connectivity index (χ2n) is 5.76. The molecule has 1 fully saturated rings. The second kappa shape index (κ2) is 4.96. The quantitative estimate of drug-likeness (QED) is 0.845. The molecule has 1 aliphatic carbocycles. The van der Waals surface area contributed by atoms with Crippen LogP contribution in [-0.2, 0) is 5.60 Å². The molecule has 1 saturated carbocycles. The first-order valence-corrected chi connectivity index (χ1v) is 6.58. The Bertz CT molecular complexity index is 400. The fourth-order valence-electron chi connectivity index (χ4n) is 2.90. The number of rotatable bonds is 2. The van der Waals surface area contributed by atoms with Crippen molar-refractivity contribution in [3.8, 4) is 0 Å². The van der Waals surface area contributed by atoms with E-state index in [0.717, 1.165) is 31.7 Å². The Morgan fingerprint density at radius 3 is 2.06 bits per heavy atom. The molecule has 0 aromatic heterocycles. The molecule has 0 bridgehead atoms. The topological polar surface area (TPSA) is 20.2 Å². The lowest BCUT2D eigenvalue weighted by Gasteiger charge is -2.37. The van der Waals surface area contributed by atoms with Crippen LogP contribution in [0.5, 0.6) is 0 Å². The van der Waals surface area contributed by atoms with Crippen LogP contribution in [0, 0.1) is 23.5 Å². The average Bonchev–Trinajstić information content (AvgIpc) is 2.28. The molecule has 0 aliphatic heterocycles. The van der Waals surface area contributed by atoms with Gasteiger partial charge in [0, 0.05) is 6.07 Å². The van der Waals surface area contributed by atoms with Crippen LogP contribution in [0.25, 0.3) is 0 Å². The third-order valence-electron chi connectivity index (χ3n) is 4.26. The van der Waals surface area contributed by atoms with Crippen LogP contribution in [0.2, 0.25) is 0 Å². The van der Waals surface area contributed by atoms with Gasteiger partial charge in [0.1, 0.15) is 11.6 Å². The van der Waals surface area contributed by atoms with Crippen LogP contribution < -0.4 is 0 Å². The average molecular weight is 254 g/mol. The Morgan fingerprint density at radius 2 is 1.56 bits per heavy atom. The third kappa shape index (κ3) is 2.72. The van der Waals surface area contributed by atoms with Crippen molar-refractivity contribution in [2.45, 2.75) is 45.1 Å². The van der Waals surface area contributed by atoms with Crippen LogP contribution in [-0.4, -0.2) is 5.11 Å². The zero-order valence-electron chi connectivity index (χ0n) is 10.9. The lowest BCUT2D eigenvalue weighted by Crippen LogP contribution is -2.34. The molecule has 1 aromatic carbocycles. The molecule has 0 spiro atoms. The van der Waals surface area contributed by atoms with Gasteiger partial charge in [0.05, 0.1) is 5.60 Å². The normalized spacial score (nSPS) is 27.8. The standard InChI is InChI=1S/C15H20F2O/c1-10-3-5-11(6-4-10)15(2,18)12-7-13(16)9-14(17)8-12/h7-11,18H,3-6H2,1-2H3. The van der Waals surface area contributed by atoms with Crippen molar-refractivity contribution in [3.63, 3.8) is 0 Å². The first-order chi connectivity index (χ1) is 8.39. The number of halogens is 2. The summed E-state index contributed by atoms with van der Waals surface area (Å²) in [5.41, 5.74) is -0.803. The third-order valence-corrected chi connectivity index (χ3v) is 4.26. The van der Waals surface area contributed by atoms with Crippen LogP contribution in [0.4, 0.5) is 8.78 Å². The van der Waals surface area contributed by atoms with Crippen LogP contribution in [0.15, 0.2) is 18.2 Å². The summed E-state index contributed by atoms with van der Waals surface area (Å²) in [6.07, 6.45) is 3.95. The summed E-state index contributed by atoms with van der Waals surface area (Å²) in [6.45, 7) is 3.87. The van der Waals surface area contributed by atoms with Gasteiger partial charge in [0.15, 0.2) is 0 Å². The number of hydrogen-bond acceptors (Lipinski definition) is 1. The Balaban J connectivity index is 2.24. The Morgan fingerprint density at radius 1 is 1.06 bits per heavy atom. The summed E-state index contributed by atoms with van der Waals surface area (Å²) >= 11 is 0. The van der Waals surface area contributed by atoms with Gasteiger partial charge in [0.2, 0.25) is 0 Å². The van der Waals surface area contributed by atoms with Gasteiger partial charge in [-0.3, -0.25) is 0 Å². The maximum Gasteiger partial charge on any atom is 0.126 e. The summed E-state index contributed by atoms with van der Waals surface area (Å²) in [6, 6.07) is 3.31. The van der Waals surface area contributed by atoms with Gasteiger partial charge in [-0.2, -0.15) is 0 Å². The highest BCUT2D eigenvalue weighted by molar-refractivity contribution is 5.24. The zero-order valence-corrected chi connectivity index (χ0v) is 10.9. The van der Waals surface area contributed by atoms with E-state index in [0.29, 0.717) is 11.5 Å². The molecule has 1 aliphatic rings. The van der Waals surface area contributed by atoms with E-state index in [4.69, 9.17) is 0 Å². The summed E-state index contributed by atoms with van der Waals surface area (Å²) in [4.78, 5) is 0. The van der Waals surface area contributed by atoms with Gasteiger partial charge in [-0.05, 0) is 49.3 Å². The SMILES string of the molecule is CC1CCC(C(C)(O)c2cc(F)cc(F)c2)CC1. The van der Waals surface area contributed by atoms with Crippen molar-refractivity contribution in [3.05, 3.63) is 35.4 Å². The lowest BCUT2D eigenvalue weighted by molar-refractivity contribution is -0.0269. The number of benzene rings is 1. The summed E-state index contributed by atoms with van der Waals surface area (Å²) in [7, 11) is 0. The highest BCUT2D eigenvalue weighted by Gasteiger charge is 2.36. The molecule has 1 unspecified atom stereocenters. The fraction of sp³-hybridized carbons (Fsp3) is 0.600. The van der Waals surface area contributed by atoms with Gasteiger partial charge >= 0.3 is 0 Å². The first-order valence-electron chi connectivity index (χ1n) is 6.58. The molecule has 2 rings (SSSR count). The smallest absolute Gasteiger partial charge is 0.126 e. The van der Waals surface area contributed by atoms with E-state index in [-0.39, 0.29) is 5.92 Å².